The minimum absolute atomic E-state index is 0.893. The smallest absolute Gasteiger partial charge is 0.150 e. The Morgan fingerprint density at radius 2 is 1.83 bits per heavy atom. The van der Waals surface area contributed by atoms with E-state index in [4.69, 9.17) is 0 Å². The Bertz CT molecular complexity index is 474. The molecule has 0 bridgehead atoms. The highest BCUT2D eigenvalue weighted by Crippen LogP contribution is 2.14. The van der Waals surface area contributed by atoms with E-state index in [1.807, 2.05) is 37.8 Å². The van der Waals surface area contributed by atoms with Crippen molar-refractivity contribution in [3.8, 4) is 0 Å². The third kappa shape index (κ3) is 3.62. The molecule has 0 unspecified atom stereocenters. The van der Waals surface area contributed by atoms with Crippen LogP contribution in [0.2, 0.25) is 0 Å². The predicted octanol–water partition coefficient (Wildman–Crippen LogP) is 3.39. The first-order chi connectivity index (χ1) is 8.66. The Morgan fingerprint density at radius 3 is 2.39 bits per heavy atom. The zero-order chi connectivity index (χ0) is 13.5. The van der Waals surface area contributed by atoms with Gasteiger partial charge in [-0.1, -0.05) is 38.1 Å². The molecule has 0 N–H and O–H groups in total. The van der Waals surface area contributed by atoms with Crippen LogP contribution in [-0.2, 0) is 13.6 Å². The van der Waals surface area contributed by atoms with Gasteiger partial charge in [0.1, 0.15) is 0 Å². The fourth-order valence-electron chi connectivity index (χ4n) is 1.73. The predicted molar refractivity (Wildman–Crippen MR) is 77.8 cm³/mol. The van der Waals surface area contributed by atoms with Gasteiger partial charge in [0.25, 0.3) is 0 Å². The van der Waals surface area contributed by atoms with Crippen molar-refractivity contribution in [2.45, 2.75) is 27.3 Å². The van der Waals surface area contributed by atoms with Crippen molar-refractivity contribution in [2.24, 2.45) is 7.05 Å². The van der Waals surface area contributed by atoms with Gasteiger partial charge in [-0.2, -0.15) is 5.10 Å². The van der Waals surface area contributed by atoms with Crippen LogP contribution < -0.4 is 4.90 Å². The summed E-state index contributed by atoms with van der Waals surface area (Å²) < 4.78 is 1.82. The van der Waals surface area contributed by atoms with Gasteiger partial charge in [0.15, 0.2) is 5.82 Å². The summed E-state index contributed by atoms with van der Waals surface area (Å²) in [6.45, 7) is 7.03. The van der Waals surface area contributed by atoms with E-state index in [1.54, 1.807) is 0 Å². The second-order valence-corrected chi connectivity index (χ2v) is 4.13. The monoisotopic (exact) mass is 245 g/mol. The Morgan fingerprint density at radius 1 is 1.17 bits per heavy atom. The third-order valence-corrected chi connectivity index (χ3v) is 2.76. The number of benzene rings is 1. The van der Waals surface area contributed by atoms with E-state index in [0.717, 1.165) is 12.4 Å². The molecule has 0 aliphatic heterocycles. The van der Waals surface area contributed by atoms with Crippen LogP contribution in [0.3, 0.4) is 0 Å². The molecule has 0 atom stereocenters. The van der Waals surface area contributed by atoms with Crippen molar-refractivity contribution < 1.29 is 0 Å². The second kappa shape index (κ2) is 6.84. The zero-order valence-electron chi connectivity index (χ0n) is 12.0. The number of rotatable bonds is 3. The fraction of sp³-hybridized carbons (Fsp3) is 0.400. The van der Waals surface area contributed by atoms with Crippen molar-refractivity contribution >= 4 is 5.82 Å². The first-order valence-corrected chi connectivity index (χ1v) is 6.42. The number of hydrogen-bond donors (Lipinski definition) is 0. The van der Waals surface area contributed by atoms with Crippen molar-refractivity contribution in [1.82, 2.24) is 9.78 Å². The summed E-state index contributed by atoms with van der Waals surface area (Å²) in [6, 6.07) is 10.5. The van der Waals surface area contributed by atoms with Gasteiger partial charge in [-0.15, -0.1) is 0 Å². The van der Waals surface area contributed by atoms with E-state index in [2.05, 4.69) is 48.2 Å². The number of nitrogens with zero attached hydrogens (tertiary/aromatic N) is 3. The van der Waals surface area contributed by atoms with Crippen LogP contribution in [0.5, 0.6) is 0 Å². The molecule has 3 nitrogen and oxygen atoms in total. The standard InChI is InChI=1S/C13H17N3.C2H6/c1-11-6-4-5-7-12(11)10-15(2)13-8-9-16(3)14-13;1-2/h4-9H,10H2,1-3H3;1-2H3. The summed E-state index contributed by atoms with van der Waals surface area (Å²) in [5, 5.41) is 4.38. The molecule has 0 aliphatic rings. The first kappa shape index (κ1) is 14.3. The summed E-state index contributed by atoms with van der Waals surface area (Å²) in [5.74, 6) is 1.01. The van der Waals surface area contributed by atoms with Crippen LogP contribution in [0, 0.1) is 6.92 Å². The molecule has 1 aromatic carbocycles. The minimum Gasteiger partial charge on any atom is -0.354 e. The summed E-state index contributed by atoms with van der Waals surface area (Å²) in [4.78, 5) is 2.16. The molecule has 1 aromatic heterocycles. The molecule has 18 heavy (non-hydrogen) atoms. The van der Waals surface area contributed by atoms with Crippen LogP contribution in [0.4, 0.5) is 5.82 Å². The van der Waals surface area contributed by atoms with Gasteiger partial charge in [0, 0.05) is 32.9 Å². The molecule has 1 heterocycles. The SMILES string of the molecule is CC.Cc1ccccc1CN(C)c1ccn(C)n1. The number of hydrogen-bond acceptors (Lipinski definition) is 2. The normalized spacial score (nSPS) is 9.61. The molecule has 2 aromatic rings. The van der Waals surface area contributed by atoms with E-state index in [0.29, 0.717) is 0 Å². The number of anilines is 1. The van der Waals surface area contributed by atoms with Crippen LogP contribution in [0.1, 0.15) is 25.0 Å². The topological polar surface area (TPSA) is 21.1 Å². The molecule has 0 saturated heterocycles. The van der Waals surface area contributed by atoms with Crippen LogP contribution in [0.25, 0.3) is 0 Å². The largest absolute Gasteiger partial charge is 0.354 e. The lowest BCUT2D eigenvalue weighted by Gasteiger charge is -2.17. The highest BCUT2D eigenvalue weighted by Gasteiger charge is 2.05. The Hall–Kier alpha value is -1.77. The van der Waals surface area contributed by atoms with Gasteiger partial charge in [-0.05, 0) is 18.1 Å². The average molecular weight is 245 g/mol. The molecular weight excluding hydrogens is 222 g/mol. The van der Waals surface area contributed by atoms with Crippen molar-refractivity contribution in [1.29, 1.82) is 0 Å². The molecule has 0 aliphatic carbocycles. The Labute approximate surface area is 110 Å². The summed E-state index contributed by atoms with van der Waals surface area (Å²) >= 11 is 0. The van der Waals surface area contributed by atoms with E-state index in [-0.39, 0.29) is 0 Å². The minimum atomic E-state index is 0.893. The molecule has 0 fully saturated rings. The number of aryl methyl sites for hydroxylation is 2. The van der Waals surface area contributed by atoms with E-state index < -0.39 is 0 Å². The van der Waals surface area contributed by atoms with Crippen molar-refractivity contribution in [2.75, 3.05) is 11.9 Å². The highest BCUT2D eigenvalue weighted by atomic mass is 15.3. The van der Waals surface area contributed by atoms with Gasteiger partial charge < -0.3 is 4.90 Å². The van der Waals surface area contributed by atoms with Gasteiger partial charge in [0.05, 0.1) is 0 Å². The van der Waals surface area contributed by atoms with Gasteiger partial charge in [-0.25, -0.2) is 0 Å². The van der Waals surface area contributed by atoms with E-state index in [1.165, 1.54) is 11.1 Å². The summed E-state index contributed by atoms with van der Waals surface area (Å²) in [6.07, 6.45) is 1.96. The molecule has 0 radical (unpaired) electrons. The lowest BCUT2D eigenvalue weighted by Crippen LogP contribution is -2.17. The molecule has 3 heteroatoms. The number of aromatic nitrogens is 2. The van der Waals surface area contributed by atoms with Crippen LogP contribution >= 0.6 is 0 Å². The average Bonchev–Trinajstić information content (AvgIpc) is 2.81. The van der Waals surface area contributed by atoms with E-state index in [9.17, 15) is 0 Å². The Kier molecular flexibility index (Phi) is 5.43. The van der Waals surface area contributed by atoms with Gasteiger partial charge in [-0.3, -0.25) is 4.68 Å². The van der Waals surface area contributed by atoms with Crippen molar-refractivity contribution in [3.05, 3.63) is 47.7 Å². The molecule has 0 saturated carbocycles. The fourth-order valence-corrected chi connectivity index (χ4v) is 1.73. The molecule has 2 rings (SSSR count). The second-order valence-electron chi connectivity index (χ2n) is 4.13. The third-order valence-electron chi connectivity index (χ3n) is 2.76. The van der Waals surface area contributed by atoms with Crippen molar-refractivity contribution in [3.63, 3.8) is 0 Å². The summed E-state index contributed by atoms with van der Waals surface area (Å²) in [5.41, 5.74) is 2.67. The first-order valence-electron chi connectivity index (χ1n) is 6.42. The molecule has 0 spiro atoms. The lowest BCUT2D eigenvalue weighted by molar-refractivity contribution is 0.751. The molecule has 0 amide bonds. The maximum Gasteiger partial charge on any atom is 0.150 e. The van der Waals surface area contributed by atoms with Gasteiger partial charge in [0.2, 0.25) is 0 Å². The summed E-state index contributed by atoms with van der Waals surface area (Å²) in [7, 11) is 4.00. The quantitative estimate of drug-likeness (QED) is 0.826. The lowest BCUT2D eigenvalue weighted by atomic mass is 10.1. The maximum atomic E-state index is 4.38. The Balaban J connectivity index is 0.000000771. The van der Waals surface area contributed by atoms with E-state index >= 15 is 0 Å². The maximum absolute atomic E-state index is 4.38. The van der Waals surface area contributed by atoms with Crippen LogP contribution in [-0.4, -0.2) is 16.8 Å². The highest BCUT2D eigenvalue weighted by molar-refractivity contribution is 5.38. The van der Waals surface area contributed by atoms with Crippen LogP contribution in [0.15, 0.2) is 36.5 Å². The molecule has 98 valence electrons. The molecular formula is C15H23N3. The van der Waals surface area contributed by atoms with Gasteiger partial charge >= 0.3 is 0 Å². The zero-order valence-corrected chi connectivity index (χ0v) is 12.0.